The molecule has 47 nitrogen and oxygen atoms in total. The van der Waals surface area contributed by atoms with Crippen LogP contribution in [0, 0.1) is 11.8 Å². The summed E-state index contributed by atoms with van der Waals surface area (Å²) in [6, 6.07) is -16.8. The zero-order valence-electron chi connectivity index (χ0n) is 68.1. The topological polar surface area (TPSA) is 796 Å². The third-order valence-electron chi connectivity index (χ3n) is 17.9. The summed E-state index contributed by atoms with van der Waals surface area (Å²) in [6.45, 7) is 3.76. The summed E-state index contributed by atoms with van der Waals surface area (Å²) in [5, 5.41) is 121. The Morgan fingerprint density at radius 1 is 0.358 bits per heavy atom. The lowest BCUT2D eigenvalue weighted by atomic mass is 10.00. The van der Waals surface area contributed by atoms with Crippen molar-refractivity contribution in [2.75, 3.05) is 37.6 Å². The fourth-order valence-electron chi connectivity index (χ4n) is 11.4. The van der Waals surface area contributed by atoms with Gasteiger partial charge in [-0.2, -0.15) is 24.4 Å². The summed E-state index contributed by atoms with van der Waals surface area (Å²) in [4.78, 5) is 268. The molecule has 0 spiro atoms. The summed E-state index contributed by atoms with van der Waals surface area (Å²) >= 11 is 5.02. The lowest BCUT2D eigenvalue weighted by Crippen LogP contribution is -2.62. The number of hydrogen-bond donors (Lipinski definition) is 28. The van der Waals surface area contributed by atoms with Crippen molar-refractivity contribution in [3.8, 4) is 11.5 Å². The number of aliphatic carboxylic acids is 3. The Kier molecular flexibility index (Phi) is 47.3. The number of nitrogens with one attached hydrogen (secondary N) is 14. The fourth-order valence-corrected chi connectivity index (χ4v) is 12.1. The molecule has 0 heterocycles. The van der Waals surface area contributed by atoms with E-state index in [0.29, 0.717) is 5.56 Å². The molecule has 16 atom stereocenters. The van der Waals surface area contributed by atoms with Crippen molar-refractivity contribution in [1.29, 1.82) is 0 Å². The van der Waals surface area contributed by atoms with Crippen LogP contribution in [0.4, 0.5) is 0 Å². The molecule has 2 rings (SSSR count). The molecular weight excluding hydrogens is 1670 g/mol. The van der Waals surface area contributed by atoms with Crippen LogP contribution in [0.5, 0.6) is 11.5 Å². The molecular formula is C74H112N18O29S2. The first-order valence-electron chi connectivity index (χ1n) is 38.4. The van der Waals surface area contributed by atoms with Crippen molar-refractivity contribution in [3.05, 3.63) is 59.7 Å². The van der Waals surface area contributed by atoms with Crippen molar-refractivity contribution in [2.45, 2.75) is 215 Å². The second kappa shape index (κ2) is 54.4. The number of thiol groups is 1. The minimum absolute atomic E-state index is 0.0582. The summed E-state index contributed by atoms with van der Waals surface area (Å²) < 4.78 is 0. The number of hydrogen-bond acceptors (Lipinski definition) is 29. The molecule has 49 heteroatoms. The van der Waals surface area contributed by atoms with E-state index in [1.807, 2.05) is 10.6 Å². The summed E-state index contributed by atoms with van der Waals surface area (Å²) in [5.74, 6) is -27.2. The number of aliphatic hydroxyl groups is 4. The Bertz CT molecular complexity index is 4020. The van der Waals surface area contributed by atoms with Crippen LogP contribution in [-0.4, -0.2) is 299 Å². The molecule has 0 fully saturated rings. The van der Waals surface area contributed by atoms with Crippen molar-refractivity contribution >= 4 is 143 Å². The monoisotopic (exact) mass is 1780 g/mol. The molecule has 123 heavy (non-hydrogen) atoms. The number of rotatable bonds is 58. The van der Waals surface area contributed by atoms with E-state index >= 15 is 0 Å². The van der Waals surface area contributed by atoms with Crippen LogP contribution < -0.4 is 97.4 Å². The van der Waals surface area contributed by atoms with Crippen molar-refractivity contribution in [3.63, 3.8) is 0 Å². The first-order chi connectivity index (χ1) is 57.7. The van der Waals surface area contributed by atoms with Gasteiger partial charge >= 0.3 is 17.9 Å². The van der Waals surface area contributed by atoms with Gasteiger partial charge in [0.25, 0.3) is 0 Å². The van der Waals surface area contributed by atoms with Gasteiger partial charge in [-0.05, 0) is 111 Å². The molecule has 0 radical (unpaired) electrons. The molecule has 31 N–H and O–H groups in total. The van der Waals surface area contributed by atoms with E-state index in [1.165, 1.54) is 48.5 Å². The lowest BCUT2D eigenvalue weighted by molar-refractivity contribution is -0.142. The van der Waals surface area contributed by atoms with Crippen molar-refractivity contribution in [2.24, 2.45) is 34.8 Å². The third kappa shape index (κ3) is 40.0. The van der Waals surface area contributed by atoms with Gasteiger partial charge in [-0.25, -0.2) is 4.79 Å². The smallest absolute Gasteiger partial charge is 0.327 e. The van der Waals surface area contributed by atoms with Gasteiger partial charge in [-0.3, -0.25) is 91.1 Å². The molecule has 0 unspecified atom stereocenters. The maximum absolute atomic E-state index is 14.8. The quantitative estimate of drug-likeness (QED) is 0.0274. The third-order valence-corrected chi connectivity index (χ3v) is 18.9. The molecule has 0 bridgehead atoms. The van der Waals surface area contributed by atoms with E-state index < -0.39 is 310 Å². The second-order valence-electron chi connectivity index (χ2n) is 29.2. The molecule has 0 saturated carbocycles. The minimum Gasteiger partial charge on any atom is -0.508 e. The van der Waals surface area contributed by atoms with Crippen LogP contribution in [0.25, 0.3) is 0 Å². The maximum atomic E-state index is 14.8. The molecule has 0 saturated heterocycles. The molecule has 0 aliphatic rings. The number of aliphatic hydroxyl groups excluding tert-OH is 4. The summed E-state index contributed by atoms with van der Waals surface area (Å²) in [6.07, 6.45) is -7.79. The van der Waals surface area contributed by atoms with Crippen molar-refractivity contribution < 1.29 is 142 Å². The predicted octanol–water partition coefficient (Wildman–Crippen LogP) is -10.0. The van der Waals surface area contributed by atoms with Gasteiger partial charge in [0.15, 0.2) is 0 Å². The number of phenols is 2. The average molecular weight is 1780 g/mol. The van der Waals surface area contributed by atoms with E-state index in [2.05, 4.69) is 76.4 Å². The number of carboxylic acid groups (broad SMARTS) is 3. The maximum Gasteiger partial charge on any atom is 0.327 e. The Balaban J connectivity index is 2.52. The van der Waals surface area contributed by atoms with Crippen LogP contribution in [-0.2, 0) is 109 Å². The van der Waals surface area contributed by atoms with Gasteiger partial charge in [-0.1, -0.05) is 52.0 Å². The highest BCUT2D eigenvalue weighted by atomic mass is 32.2. The number of nitrogens with two attached hydrogens (primary N) is 4. The Hall–Kier alpha value is -12.1. The number of benzene rings is 2. The SMILES string of the molecule is CSCC[C@H](NC(=O)[C@H](CCC(N)=O)NC(=O)[C@H](Cc1ccc(O)cc1)NC(=O)[C@H](CC(C)C)NC(=O)[C@H](CC(N)=O)NC(=O)[C@H](CC(=O)O)NC(=O)[C@H](CO)NC(=O)[C@H](CO)NC(=O)[C@@H](N)Cc1ccc(O)cc1)C(=O)N[C@H](C(=O)N[C@@H](CO)C(=O)N[C@@H](CCC(N)=O)C(=O)N[C@@H](CC(C)C)C(=O)N[C@@H](CCC(=O)O)C(=O)N[C@@H](CS)C(=O)O)[C@@H](C)O. The van der Waals surface area contributed by atoms with Crippen molar-refractivity contribution in [1.82, 2.24) is 74.4 Å². The van der Waals surface area contributed by atoms with Crippen LogP contribution in [0.1, 0.15) is 116 Å². The number of thioether (sulfide) groups is 1. The number of primary amides is 3. The number of carboxylic acids is 3. The van der Waals surface area contributed by atoms with Gasteiger partial charge in [0, 0.05) is 31.4 Å². The van der Waals surface area contributed by atoms with Crippen LogP contribution in [0.2, 0.25) is 0 Å². The number of phenolic OH excluding ortho intramolecular Hbond substituents is 2. The van der Waals surface area contributed by atoms with E-state index in [-0.39, 0.29) is 48.5 Å². The first-order valence-corrected chi connectivity index (χ1v) is 40.4. The molecule has 684 valence electrons. The highest BCUT2D eigenvalue weighted by Gasteiger charge is 2.40. The van der Waals surface area contributed by atoms with Gasteiger partial charge in [0.1, 0.15) is 96.1 Å². The highest BCUT2D eigenvalue weighted by Crippen LogP contribution is 2.17. The highest BCUT2D eigenvalue weighted by molar-refractivity contribution is 7.98. The predicted molar refractivity (Wildman–Crippen MR) is 435 cm³/mol. The van der Waals surface area contributed by atoms with E-state index in [0.717, 1.165) is 18.7 Å². The van der Waals surface area contributed by atoms with Gasteiger partial charge in [0.2, 0.25) is 100 Å². The number of carbonyl (C=O) groups excluding carboxylic acids is 17. The molecule has 2 aromatic carbocycles. The zero-order chi connectivity index (χ0) is 93.2. The summed E-state index contributed by atoms with van der Waals surface area (Å²) in [7, 11) is 0. The molecule has 0 aliphatic heterocycles. The number of carbonyl (C=O) groups is 20. The Morgan fingerprint density at radius 3 is 1.01 bits per heavy atom. The zero-order valence-corrected chi connectivity index (χ0v) is 69.8. The van der Waals surface area contributed by atoms with Gasteiger partial charge in [-0.15, -0.1) is 0 Å². The Labute approximate surface area is 714 Å². The first kappa shape index (κ1) is 107. The lowest BCUT2D eigenvalue weighted by Gasteiger charge is -2.29. The van der Waals surface area contributed by atoms with Gasteiger partial charge in [0.05, 0.1) is 44.8 Å². The fraction of sp³-hybridized carbons (Fsp3) is 0.568. The molecule has 2 aromatic rings. The van der Waals surface area contributed by atoms with E-state index in [9.17, 15) is 142 Å². The van der Waals surface area contributed by atoms with E-state index in [1.54, 1.807) is 34.0 Å². The van der Waals surface area contributed by atoms with Crippen LogP contribution in [0.15, 0.2) is 48.5 Å². The molecule has 0 aromatic heterocycles. The Morgan fingerprint density at radius 2 is 0.659 bits per heavy atom. The summed E-state index contributed by atoms with van der Waals surface area (Å²) in [5.41, 5.74) is 23.0. The number of aromatic hydroxyl groups is 2. The molecule has 17 amide bonds. The van der Waals surface area contributed by atoms with Gasteiger partial charge < -0.3 is 143 Å². The largest absolute Gasteiger partial charge is 0.508 e. The van der Waals surface area contributed by atoms with Crippen LogP contribution >= 0.6 is 24.4 Å². The van der Waals surface area contributed by atoms with Crippen LogP contribution in [0.3, 0.4) is 0 Å². The minimum atomic E-state index is -2.20. The average Bonchev–Trinajstić information content (AvgIpc) is 0.847. The second-order valence-corrected chi connectivity index (χ2v) is 30.5. The van der Waals surface area contributed by atoms with E-state index in [4.69, 9.17) is 22.9 Å². The standard InChI is InChI=1S/C74H112N18O29S2/c1-33(2)23-45(65(111)80-43(17-20-57(102)103)63(109)91-53(32-122)74(120)121)83-62(108)42(16-19-55(77)100)81-70(116)52(31-95)90-73(119)59(35(5)96)92-64(110)44(21-22-123-6)82-61(107)41(15-18-54(76)99)79-67(113)47(26-37-9-13-39(98)14-10-37)85-66(112)46(24-34(3)4)84-68(114)48(27-56(78)101)86-69(115)49(28-58(104)105)87-71(117)51(30-94)89-72(118)50(29-93)88-60(106)40(75)25-36-7-11-38(97)12-8-36/h7-14,33-35,40-53,59,93-98,122H,15-32,75H2,1-6H3,(H2,76,99)(H2,77,100)(H2,78,101)(H,79,113)(H,80,111)(H,81,116)(H,82,107)(H,83,108)(H,84,114)(H,85,112)(H,86,115)(H,87,117)(H,88,106)(H,89,118)(H,90,119)(H,91,109)(H,92,110)(H,102,103)(H,104,105)(H,120,121)/t35-,40+,41+,42+,43+,44+,45+,46+,47+,48+,49+,50+,51+,52+,53+,59+/m1/s1. The molecule has 0 aliphatic carbocycles. The number of amides is 17. The normalized spacial score (nSPS) is 15.0.